The van der Waals surface area contributed by atoms with Crippen molar-refractivity contribution in [2.75, 3.05) is 0 Å². The second-order valence-electron chi connectivity index (χ2n) is 8.76. The highest BCUT2D eigenvalue weighted by molar-refractivity contribution is 5.97. The molecule has 0 atom stereocenters. The number of phenolic OH excluding ortho intramolecular Hbond substituents is 1. The lowest BCUT2D eigenvalue weighted by atomic mass is 10.0. The van der Waals surface area contributed by atoms with Gasteiger partial charge in [-0.3, -0.25) is 9.78 Å². The standard InChI is InChI=1S/C28H31N5O3/c1-3-8-25-26(14-13-24(20(2)34)27(25)35)36-19-22-10-6-12-23(17-22)28-30-32-33(31-28)16-5-4-9-21-11-7-15-29-18-21/h6-7,10-15,17-18,35H,3-5,8-9,16,19H2,1-2H3. The number of benzene rings is 2. The molecule has 8 heteroatoms. The Morgan fingerprint density at radius 1 is 1.06 bits per heavy atom. The van der Waals surface area contributed by atoms with Crippen molar-refractivity contribution in [3.05, 3.63) is 83.2 Å². The van der Waals surface area contributed by atoms with Crippen molar-refractivity contribution in [2.45, 2.75) is 59.1 Å². The van der Waals surface area contributed by atoms with E-state index in [9.17, 15) is 9.90 Å². The molecule has 186 valence electrons. The number of aryl methyl sites for hydroxylation is 2. The molecule has 0 fully saturated rings. The first-order chi connectivity index (χ1) is 17.5. The lowest BCUT2D eigenvalue weighted by molar-refractivity contribution is 0.101. The molecule has 0 amide bonds. The molecule has 0 spiro atoms. The Labute approximate surface area is 211 Å². The summed E-state index contributed by atoms with van der Waals surface area (Å²) in [6, 6.07) is 15.2. The van der Waals surface area contributed by atoms with Crippen molar-refractivity contribution in [1.82, 2.24) is 25.2 Å². The average molecular weight is 486 g/mol. The van der Waals surface area contributed by atoms with Gasteiger partial charge >= 0.3 is 0 Å². The van der Waals surface area contributed by atoms with Crippen LogP contribution in [0.3, 0.4) is 0 Å². The smallest absolute Gasteiger partial charge is 0.204 e. The monoisotopic (exact) mass is 485 g/mol. The summed E-state index contributed by atoms with van der Waals surface area (Å²) in [7, 11) is 0. The molecule has 4 aromatic rings. The van der Waals surface area contributed by atoms with Gasteiger partial charge in [-0.2, -0.15) is 4.80 Å². The zero-order valence-corrected chi connectivity index (χ0v) is 20.7. The van der Waals surface area contributed by atoms with Gasteiger partial charge in [0.1, 0.15) is 18.1 Å². The van der Waals surface area contributed by atoms with Crippen molar-refractivity contribution in [3.8, 4) is 22.9 Å². The summed E-state index contributed by atoms with van der Waals surface area (Å²) in [6.45, 7) is 4.49. The van der Waals surface area contributed by atoms with Crippen LogP contribution < -0.4 is 4.74 Å². The Morgan fingerprint density at radius 2 is 1.92 bits per heavy atom. The van der Waals surface area contributed by atoms with E-state index in [1.54, 1.807) is 23.1 Å². The number of aromatic nitrogens is 5. The van der Waals surface area contributed by atoms with E-state index in [1.165, 1.54) is 12.5 Å². The zero-order valence-electron chi connectivity index (χ0n) is 20.7. The minimum Gasteiger partial charge on any atom is -0.507 e. The Balaban J connectivity index is 1.37. The molecule has 0 aliphatic carbocycles. The number of ketones is 1. The number of Topliss-reactive ketones (excluding diaryl/α,β-unsaturated/α-hetero) is 1. The number of hydrogen-bond donors (Lipinski definition) is 1. The largest absolute Gasteiger partial charge is 0.507 e. The van der Waals surface area contributed by atoms with Gasteiger partial charge in [0.2, 0.25) is 5.82 Å². The van der Waals surface area contributed by atoms with Crippen LogP contribution in [0.5, 0.6) is 11.5 Å². The van der Waals surface area contributed by atoms with Gasteiger partial charge in [0.05, 0.1) is 12.1 Å². The molecule has 36 heavy (non-hydrogen) atoms. The number of hydrogen-bond acceptors (Lipinski definition) is 7. The second-order valence-corrected chi connectivity index (χ2v) is 8.76. The maximum atomic E-state index is 11.8. The van der Waals surface area contributed by atoms with Crippen molar-refractivity contribution >= 4 is 5.78 Å². The molecule has 0 unspecified atom stereocenters. The molecule has 0 aliphatic rings. The number of pyridine rings is 1. The van der Waals surface area contributed by atoms with E-state index in [2.05, 4.69) is 26.5 Å². The fourth-order valence-corrected chi connectivity index (χ4v) is 4.07. The normalized spacial score (nSPS) is 10.9. The predicted octanol–water partition coefficient (Wildman–Crippen LogP) is 5.20. The molecular formula is C28H31N5O3. The number of unbranched alkanes of at least 4 members (excludes halogenated alkanes) is 1. The average Bonchev–Trinajstić information content (AvgIpc) is 3.37. The van der Waals surface area contributed by atoms with Crippen LogP contribution in [0.4, 0.5) is 0 Å². The first-order valence-electron chi connectivity index (χ1n) is 12.3. The molecule has 0 bridgehead atoms. The van der Waals surface area contributed by atoms with Crippen molar-refractivity contribution in [3.63, 3.8) is 0 Å². The highest BCUT2D eigenvalue weighted by atomic mass is 16.5. The minimum atomic E-state index is -0.168. The topological polar surface area (TPSA) is 103 Å². The molecule has 0 saturated carbocycles. The Bertz CT molecular complexity index is 1300. The third kappa shape index (κ3) is 6.33. The van der Waals surface area contributed by atoms with E-state index >= 15 is 0 Å². The number of phenols is 1. The summed E-state index contributed by atoms with van der Waals surface area (Å²) in [5, 5.41) is 23.5. The number of carbonyl (C=O) groups excluding carboxylic acids is 1. The van der Waals surface area contributed by atoms with E-state index in [0.717, 1.165) is 36.8 Å². The fourth-order valence-electron chi connectivity index (χ4n) is 4.07. The highest BCUT2D eigenvalue weighted by Crippen LogP contribution is 2.33. The van der Waals surface area contributed by atoms with Gasteiger partial charge in [0.25, 0.3) is 0 Å². The van der Waals surface area contributed by atoms with Crippen molar-refractivity contribution in [2.24, 2.45) is 0 Å². The van der Waals surface area contributed by atoms with Gasteiger partial charge in [-0.05, 0) is 73.2 Å². The molecule has 2 aromatic heterocycles. The molecule has 0 aliphatic heterocycles. The summed E-state index contributed by atoms with van der Waals surface area (Å²) in [5.41, 5.74) is 4.02. The number of nitrogens with zero attached hydrogens (tertiary/aromatic N) is 5. The minimum absolute atomic E-state index is 0.0110. The summed E-state index contributed by atoms with van der Waals surface area (Å²) < 4.78 is 6.05. The quantitative estimate of drug-likeness (QED) is 0.217. The summed E-state index contributed by atoms with van der Waals surface area (Å²) in [6.07, 6.45) is 8.09. The van der Waals surface area contributed by atoms with Crippen LogP contribution in [0.1, 0.15) is 60.2 Å². The van der Waals surface area contributed by atoms with Gasteiger partial charge in [0.15, 0.2) is 5.78 Å². The SMILES string of the molecule is CCCc1c(OCc2cccc(-c3nnn(CCCCc4cccnc4)n3)c2)ccc(C(C)=O)c1O. The maximum Gasteiger partial charge on any atom is 0.204 e. The van der Waals surface area contributed by atoms with Crippen LogP contribution in [0.2, 0.25) is 0 Å². The van der Waals surface area contributed by atoms with E-state index in [0.29, 0.717) is 42.3 Å². The molecule has 8 nitrogen and oxygen atoms in total. The first-order valence-corrected chi connectivity index (χ1v) is 12.3. The summed E-state index contributed by atoms with van der Waals surface area (Å²) in [5.74, 6) is 0.995. The highest BCUT2D eigenvalue weighted by Gasteiger charge is 2.16. The maximum absolute atomic E-state index is 11.8. The Kier molecular flexibility index (Phi) is 8.39. The van der Waals surface area contributed by atoms with Crippen LogP contribution >= 0.6 is 0 Å². The van der Waals surface area contributed by atoms with Gasteiger partial charge in [0, 0.05) is 23.5 Å². The molecule has 1 N–H and O–H groups in total. The number of carbonyl (C=O) groups is 1. The third-order valence-electron chi connectivity index (χ3n) is 5.95. The van der Waals surface area contributed by atoms with Gasteiger partial charge in [-0.15, -0.1) is 10.2 Å². The number of rotatable bonds is 12. The second kappa shape index (κ2) is 12.1. The first kappa shape index (κ1) is 25.0. The lowest BCUT2D eigenvalue weighted by Gasteiger charge is -2.15. The lowest BCUT2D eigenvalue weighted by Crippen LogP contribution is -2.03. The van der Waals surface area contributed by atoms with E-state index in [4.69, 9.17) is 4.74 Å². The summed E-state index contributed by atoms with van der Waals surface area (Å²) in [4.78, 5) is 17.6. The molecule has 0 saturated heterocycles. The van der Waals surface area contributed by atoms with Crippen LogP contribution in [0.25, 0.3) is 11.4 Å². The van der Waals surface area contributed by atoms with Crippen LogP contribution in [-0.4, -0.2) is 36.1 Å². The van der Waals surface area contributed by atoms with Gasteiger partial charge in [-0.1, -0.05) is 37.6 Å². The molecule has 2 aromatic carbocycles. The molecular weight excluding hydrogens is 454 g/mol. The van der Waals surface area contributed by atoms with Crippen LogP contribution in [0, 0.1) is 0 Å². The summed E-state index contributed by atoms with van der Waals surface area (Å²) >= 11 is 0. The molecule has 2 heterocycles. The Morgan fingerprint density at radius 3 is 2.69 bits per heavy atom. The van der Waals surface area contributed by atoms with Crippen molar-refractivity contribution < 1.29 is 14.6 Å². The van der Waals surface area contributed by atoms with Crippen LogP contribution in [-0.2, 0) is 26.0 Å². The number of ether oxygens (including phenoxy) is 1. The van der Waals surface area contributed by atoms with Gasteiger partial charge in [-0.25, -0.2) is 0 Å². The number of tetrazole rings is 1. The van der Waals surface area contributed by atoms with Crippen LogP contribution in [0.15, 0.2) is 60.9 Å². The third-order valence-corrected chi connectivity index (χ3v) is 5.95. The van der Waals surface area contributed by atoms with Crippen molar-refractivity contribution in [1.29, 1.82) is 0 Å². The predicted molar refractivity (Wildman–Crippen MR) is 137 cm³/mol. The number of aromatic hydroxyl groups is 1. The van der Waals surface area contributed by atoms with E-state index in [-0.39, 0.29) is 11.5 Å². The Hall–Kier alpha value is -4.07. The van der Waals surface area contributed by atoms with E-state index < -0.39 is 0 Å². The van der Waals surface area contributed by atoms with E-state index in [1.807, 2.05) is 43.5 Å². The molecule has 4 rings (SSSR count). The molecule has 0 radical (unpaired) electrons. The fraction of sp³-hybridized carbons (Fsp3) is 0.321. The van der Waals surface area contributed by atoms with Gasteiger partial charge < -0.3 is 9.84 Å². The zero-order chi connectivity index (χ0) is 25.3.